The zero-order chi connectivity index (χ0) is 31.3. The van der Waals surface area contributed by atoms with E-state index in [2.05, 4.69) is 144 Å². The van der Waals surface area contributed by atoms with Crippen LogP contribution in [0.4, 0.5) is 11.4 Å². The van der Waals surface area contributed by atoms with Gasteiger partial charge in [0.25, 0.3) is 6.71 Å². The number of benzene rings is 4. The molecule has 2 nitrogen and oxygen atoms in total. The predicted molar refractivity (Wildman–Crippen MR) is 194 cm³/mol. The Balaban J connectivity index is 1.47. The Labute approximate surface area is 269 Å². The first-order valence-electron chi connectivity index (χ1n) is 17.2. The highest BCUT2D eigenvalue weighted by molar-refractivity contribution is 7.00. The Morgan fingerprint density at radius 1 is 0.689 bits per heavy atom. The first kappa shape index (κ1) is 27.6. The van der Waals surface area contributed by atoms with E-state index in [-0.39, 0.29) is 28.5 Å². The molecule has 3 aliphatic heterocycles. The molecule has 2 atom stereocenters. The fraction of sp³-hybridized carbons (Fsp3) is 0.381. The smallest absolute Gasteiger partial charge is 0.252 e. The molecule has 4 heterocycles. The molecule has 4 aromatic carbocycles. The van der Waals surface area contributed by atoms with Crippen LogP contribution in [0, 0.1) is 0 Å². The van der Waals surface area contributed by atoms with Crippen molar-refractivity contribution in [1.29, 1.82) is 0 Å². The van der Waals surface area contributed by atoms with Crippen LogP contribution in [-0.2, 0) is 16.2 Å². The normalized spacial score (nSPS) is 22.8. The first-order chi connectivity index (χ1) is 21.3. The van der Waals surface area contributed by atoms with E-state index in [0.29, 0.717) is 0 Å². The zero-order valence-corrected chi connectivity index (χ0v) is 28.3. The van der Waals surface area contributed by atoms with Crippen molar-refractivity contribution >= 4 is 45.4 Å². The van der Waals surface area contributed by atoms with Gasteiger partial charge in [0.2, 0.25) is 0 Å². The van der Waals surface area contributed by atoms with E-state index in [1.165, 1.54) is 92.4 Å². The van der Waals surface area contributed by atoms with Crippen LogP contribution in [0.25, 0.3) is 27.8 Å². The van der Waals surface area contributed by atoms with Crippen molar-refractivity contribution < 1.29 is 0 Å². The van der Waals surface area contributed by atoms with Gasteiger partial charge in [-0.15, -0.1) is 0 Å². The molecule has 1 fully saturated rings. The maximum absolute atomic E-state index is 2.85. The molecule has 3 heteroatoms. The number of nitrogens with zero attached hydrogens (tertiary/aromatic N) is 2. The summed E-state index contributed by atoms with van der Waals surface area (Å²) >= 11 is 0. The first-order valence-corrected chi connectivity index (χ1v) is 17.2. The summed E-state index contributed by atoms with van der Waals surface area (Å²) in [6, 6.07) is 31.0. The third-order valence-electron chi connectivity index (χ3n) is 12.4. The minimum Gasteiger partial charge on any atom is -0.335 e. The molecule has 0 spiro atoms. The second-order valence-electron chi connectivity index (χ2n) is 17.0. The summed E-state index contributed by atoms with van der Waals surface area (Å²) in [5, 5.41) is 1.35. The van der Waals surface area contributed by atoms with Gasteiger partial charge in [0, 0.05) is 33.4 Å². The highest BCUT2D eigenvalue weighted by Crippen LogP contribution is 2.61. The van der Waals surface area contributed by atoms with Crippen LogP contribution in [-0.4, -0.2) is 16.8 Å². The van der Waals surface area contributed by atoms with Crippen LogP contribution in [0.2, 0.25) is 0 Å². The standard InChI is InChI=1S/C42H45BN2/c1-39(2,3)28-21-27-22-35(26-15-10-9-11-16-26)44-33-17-14-18-34-36(33)43(31(24-28)37(27)44)32-25-29(40(4,5)6)23-30-38(32)45(34)42(8)20-13-12-19-41(30,42)7/h9-11,14-18,21-25H,12-13,19-20H2,1-8H3. The molecule has 0 N–H and O–H groups in total. The topological polar surface area (TPSA) is 8.17 Å². The maximum atomic E-state index is 2.85. The van der Waals surface area contributed by atoms with Gasteiger partial charge in [-0.3, -0.25) is 0 Å². The molecular weight excluding hydrogens is 543 g/mol. The number of anilines is 2. The predicted octanol–water partition coefficient (Wildman–Crippen LogP) is 8.78. The van der Waals surface area contributed by atoms with E-state index >= 15 is 0 Å². The average molecular weight is 589 g/mol. The number of hydrogen-bond donors (Lipinski definition) is 0. The molecule has 5 aromatic rings. The van der Waals surface area contributed by atoms with E-state index in [4.69, 9.17) is 0 Å². The lowest BCUT2D eigenvalue weighted by molar-refractivity contribution is 0.195. The van der Waals surface area contributed by atoms with Crippen LogP contribution in [0.3, 0.4) is 0 Å². The molecule has 0 saturated heterocycles. The molecule has 1 aliphatic carbocycles. The van der Waals surface area contributed by atoms with E-state index in [1.807, 2.05) is 0 Å². The molecule has 2 unspecified atom stereocenters. The van der Waals surface area contributed by atoms with E-state index in [1.54, 1.807) is 5.56 Å². The van der Waals surface area contributed by atoms with Gasteiger partial charge < -0.3 is 9.47 Å². The molecule has 4 aliphatic rings. The Morgan fingerprint density at radius 3 is 2.09 bits per heavy atom. The van der Waals surface area contributed by atoms with Gasteiger partial charge in [-0.05, 0) is 93.5 Å². The monoisotopic (exact) mass is 588 g/mol. The minimum atomic E-state index is 0.0424. The Bertz CT molecular complexity index is 2070. The van der Waals surface area contributed by atoms with Crippen molar-refractivity contribution in [2.24, 2.45) is 0 Å². The van der Waals surface area contributed by atoms with Gasteiger partial charge in [0.1, 0.15) is 0 Å². The zero-order valence-electron chi connectivity index (χ0n) is 28.3. The molecule has 0 amide bonds. The number of hydrogen-bond acceptors (Lipinski definition) is 1. The van der Waals surface area contributed by atoms with Crippen LogP contribution in [0.15, 0.2) is 78.9 Å². The molecule has 1 saturated carbocycles. The summed E-state index contributed by atoms with van der Waals surface area (Å²) < 4.78 is 2.61. The number of fused-ring (bicyclic) bond motifs is 7. The van der Waals surface area contributed by atoms with Crippen LogP contribution in [0.1, 0.15) is 97.8 Å². The average Bonchev–Trinajstić information content (AvgIpc) is 3.48. The van der Waals surface area contributed by atoms with Crippen molar-refractivity contribution in [3.05, 3.63) is 95.6 Å². The highest BCUT2D eigenvalue weighted by Gasteiger charge is 2.61. The van der Waals surface area contributed by atoms with Gasteiger partial charge in [-0.2, -0.15) is 0 Å². The van der Waals surface area contributed by atoms with Crippen molar-refractivity contribution in [3.63, 3.8) is 0 Å². The quantitative estimate of drug-likeness (QED) is 0.174. The Hall–Kier alpha value is -3.72. The van der Waals surface area contributed by atoms with Gasteiger partial charge >= 0.3 is 0 Å². The van der Waals surface area contributed by atoms with Gasteiger partial charge in [0.15, 0.2) is 0 Å². The summed E-state index contributed by atoms with van der Waals surface area (Å²) in [7, 11) is 0. The molecule has 45 heavy (non-hydrogen) atoms. The van der Waals surface area contributed by atoms with Crippen LogP contribution >= 0.6 is 0 Å². The summed E-state index contributed by atoms with van der Waals surface area (Å²) in [6.07, 6.45) is 5.09. The Morgan fingerprint density at radius 2 is 1.36 bits per heavy atom. The van der Waals surface area contributed by atoms with Gasteiger partial charge in [0.05, 0.1) is 11.2 Å². The Kier molecular flexibility index (Phi) is 5.24. The largest absolute Gasteiger partial charge is 0.335 e. The number of rotatable bonds is 1. The van der Waals surface area contributed by atoms with Gasteiger partial charge in [-0.25, -0.2) is 0 Å². The van der Waals surface area contributed by atoms with E-state index < -0.39 is 0 Å². The van der Waals surface area contributed by atoms with Crippen molar-refractivity contribution in [2.75, 3.05) is 4.90 Å². The summed E-state index contributed by atoms with van der Waals surface area (Å²) in [5.41, 5.74) is 17.5. The fourth-order valence-corrected chi connectivity index (χ4v) is 9.70. The molecule has 9 rings (SSSR count). The lowest BCUT2D eigenvalue weighted by Gasteiger charge is -2.52. The minimum absolute atomic E-state index is 0.0424. The fourth-order valence-electron chi connectivity index (χ4n) is 9.70. The molecule has 0 radical (unpaired) electrons. The maximum Gasteiger partial charge on any atom is 0.252 e. The van der Waals surface area contributed by atoms with Crippen LogP contribution in [0.5, 0.6) is 0 Å². The van der Waals surface area contributed by atoms with E-state index in [0.717, 1.165) is 0 Å². The van der Waals surface area contributed by atoms with Crippen molar-refractivity contribution in [1.82, 2.24) is 4.57 Å². The number of aromatic nitrogens is 1. The lowest BCUT2D eigenvalue weighted by Crippen LogP contribution is -2.64. The van der Waals surface area contributed by atoms with Crippen molar-refractivity contribution in [2.45, 2.75) is 103 Å². The van der Waals surface area contributed by atoms with E-state index in [9.17, 15) is 0 Å². The van der Waals surface area contributed by atoms with Gasteiger partial charge in [-0.1, -0.05) is 116 Å². The van der Waals surface area contributed by atoms with Crippen LogP contribution < -0.4 is 21.3 Å². The third kappa shape index (κ3) is 3.37. The second-order valence-corrected chi connectivity index (χ2v) is 17.0. The van der Waals surface area contributed by atoms with Crippen molar-refractivity contribution in [3.8, 4) is 16.9 Å². The molecular formula is C42H45BN2. The molecule has 0 bridgehead atoms. The second kappa shape index (κ2) is 8.55. The third-order valence-corrected chi connectivity index (χ3v) is 12.4. The molecule has 1 aromatic heterocycles. The lowest BCUT2D eigenvalue weighted by atomic mass is 9.33. The molecule has 226 valence electrons. The highest BCUT2D eigenvalue weighted by atomic mass is 15.3. The summed E-state index contributed by atoms with van der Waals surface area (Å²) in [4.78, 5) is 2.85. The SMILES string of the molecule is CC(C)(C)c1cc2c3c(c1)C1(C)CCCCC1(C)N3c1cccc3c1B2c1cc(C(C)(C)C)cc2cc(-c4ccccc4)n-3c12. The summed E-state index contributed by atoms with van der Waals surface area (Å²) in [6.45, 7) is 19.7. The summed E-state index contributed by atoms with van der Waals surface area (Å²) in [5.74, 6) is 0.